The van der Waals surface area contributed by atoms with Gasteiger partial charge in [0.1, 0.15) is 0 Å². The lowest BCUT2D eigenvalue weighted by atomic mass is 10.1. The Balaban J connectivity index is 1.66. The minimum atomic E-state index is -0.359. The Bertz CT molecular complexity index is 924. The number of benzene rings is 1. The number of hydrogen-bond acceptors (Lipinski definition) is 4. The molecular formula is C17H17N5O2. The van der Waals surface area contributed by atoms with Crippen LogP contribution >= 0.6 is 0 Å². The van der Waals surface area contributed by atoms with Crippen LogP contribution in [0.25, 0.3) is 16.6 Å². The van der Waals surface area contributed by atoms with Gasteiger partial charge in [0.2, 0.25) is 0 Å². The molecule has 7 heteroatoms. The van der Waals surface area contributed by atoms with E-state index in [0.717, 1.165) is 33.5 Å². The molecule has 2 aromatic heterocycles. The van der Waals surface area contributed by atoms with Crippen molar-refractivity contribution in [1.29, 1.82) is 0 Å². The number of carbonyl (C=O) groups excluding carboxylic acids is 1. The Kier molecular flexibility index (Phi) is 3.45. The van der Waals surface area contributed by atoms with Crippen LogP contribution in [0.5, 0.6) is 0 Å². The Labute approximate surface area is 138 Å². The SMILES string of the molecule is CCOC(=O)N1C=C(Nc2ccc3[nH]ncc3c2)c2cc[nH]c2C1. The molecule has 0 bridgehead atoms. The molecule has 1 amide bonds. The second-order valence-corrected chi connectivity index (χ2v) is 5.54. The molecule has 24 heavy (non-hydrogen) atoms. The highest BCUT2D eigenvalue weighted by atomic mass is 16.6. The van der Waals surface area contributed by atoms with Crippen LogP contribution < -0.4 is 5.32 Å². The third kappa shape index (κ3) is 2.50. The molecule has 122 valence electrons. The first-order valence-corrected chi connectivity index (χ1v) is 7.76. The summed E-state index contributed by atoms with van der Waals surface area (Å²) < 4.78 is 5.11. The van der Waals surface area contributed by atoms with Crippen molar-refractivity contribution in [3.8, 4) is 0 Å². The van der Waals surface area contributed by atoms with Crippen molar-refractivity contribution < 1.29 is 9.53 Å². The van der Waals surface area contributed by atoms with Crippen molar-refractivity contribution in [3.05, 3.63) is 54.1 Å². The number of carbonyl (C=O) groups is 1. The van der Waals surface area contributed by atoms with Crippen LogP contribution in [0, 0.1) is 0 Å². The van der Waals surface area contributed by atoms with Gasteiger partial charge in [0.15, 0.2) is 0 Å². The molecule has 3 heterocycles. The molecule has 0 unspecified atom stereocenters. The van der Waals surface area contributed by atoms with E-state index < -0.39 is 0 Å². The van der Waals surface area contributed by atoms with Crippen molar-refractivity contribution in [2.45, 2.75) is 13.5 Å². The number of nitrogens with one attached hydrogen (secondary N) is 3. The number of ether oxygens (including phenoxy) is 1. The van der Waals surface area contributed by atoms with Gasteiger partial charge in [0.25, 0.3) is 0 Å². The predicted molar refractivity (Wildman–Crippen MR) is 91.1 cm³/mol. The van der Waals surface area contributed by atoms with Crippen LogP contribution in [-0.2, 0) is 11.3 Å². The second kappa shape index (κ2) is 5.77. The third-order valence-electron chi connectivity index (χ3n) is 3.96. The van der Waals surface area contributed by atoms with Crippen molar-refractivity contribution in [2.24, 2.45) is 0 Å². The first kappa shape index (κ1) is 14.4. The summed E-state index contributed by atoms with van der Waals surface area (Å²) in [5, 5.41) is 11.4. The molecule has 3 N–H and O–H groups in total. The standard InChI is InChI=1S/C17H17N5O2/c1-2-24-17(23)22-9-15-13(5-6-18-15)16(10-22)20-12-3-4-14-11(7-12)8-19-21-14/h3-8,10,18,20H,2,9H2,1H3,(H,19,21). The van der Waals surface area contributed by atoms with Crippen LogP contribution in [-0.4, -0.2) is 32.8 Å². The van der Waals surface area contributed by atoms with E-state index in [9.17, 15) is 4.79 Å². The van der Waals surface area contributed by atoms with Crippen molar-refractivity contribution in [3.63, 3.8) is 0 Å². The fourth-order valence-corrected chi connectivity index (χ4v) is 2.83. The molecule has 1 aliphatic heterocycles. The van der Waals surface area contributed by atoms with Crippen LogP contribution in [0.1, 0.15) is 18.2 Å². The highest BCUT2D eigenvalue weighted by molar-refractivity contribution is 5.87. The van der Waals surface area contributed by atoms with Gasteiger partial charge in [-0.2, -0.15) is 5.10 Å². The minimum Gasteiger partial charge on any atom is -0.449 e. The zero-order chi connectivity index (χ0) is 16.5. The van der Waals surface area contributed by atoms with E-state index in [-0.39, 0.29) is 6.09 Å². The summed E-state index contributed by atoms with van der Waals surface area (Å²) in [6.45, 7) is 2.61. The second-order valence-electron chi connectivity index (χ2n) is 5.54. The fraction of sp³-hybridized carbons (Fsp3) is 0.176. The molecule has 3 aromatic rings. The van der Waals surface area contributed by atoms with Gasteiger partial charge in [0, 0.05) is 34.7 Å². The zero-order valence-electron chi connectivity index (χ0n) is 13.2. The Morgan fingerprint density at radius 1 is 1.42 bits per heavy atom. The molecule has 1 aliphatic rings. The maximum atomic E-state index is 12.1. The Hall–Kier alpha value is -3.22. The van der Waals surface area contributed by atoms with Crippen molar-refractivity contribution in [2.75, 3.05) is 11.9 Å². The van der Waals surface area contributed by atoms with E-state index >= 15 is 0 Å². The molecule has 0 atom stereocenters. The number of fused-ring (bicyclic) bond motifs is 2. The van der Waals surface area contributed by atoms with Crippen molar-refractivity contribution in [1.82, 2.24) is 20.1 Å². The lowest BCUT2D eigenvalue weighted by Crippen LogP contribution is -2.30. The van der Waals surface area contributed by atoms with Gasteiger partial charge in [-0.3, -0.25) is 10.00 Å². The number of H-pyrrole nitrogens is 2. The lowest BCUT2D eigenvalue weighted by molar-refractivity contribution is 0.120. The van der Waals surface area contributed by atoms with Crippen LogP contribution in [0.4, 0.5) is 10.5 Å². The number of amides is 1. The monoisotopic (exact) mass is 323 g/mol. The first-order valence-electron chi connectivity index (χ1n) is 7.76. The topological polar surface area (TPSA) is 86.0 Å². The van der Waals surface area contributed by atoms with E-state index in [1.54, 1.807) is 24.2 Å². The van der Waals surface area contributed by atoms with E-state index in [2.05, 4.69) is 20.5 Å². The Morgan fingerprint density at radius 2 is 2.33 bits per heavy atom. The quantitative estimate of drug-likeness (QED) is 0.690. The van der Waals surface area contributed by atoms with Gasteiger partial charge in [-0.1, -0.05) is 0 Å². The first-order chi connectivity index (χ1) is 11.7. The largest absolute Gasteiger partial charge is 0.449 e. The number of anilines is 1. The van der Waals surface area contributed by atoms with Crippen LogP contribution in [0.3, 0.4) is 0 Å². The van der Waals surface area contributed by atoms with E-state index in [4.69, 9.17) is 4.74 Å². The highest BCUT2D eigenvalue weighted by Crippen LogP contribution is 2.28. The summed E-state index contributed by atoms with van der Waals surface area (Å²) in [5.74, 6) is 0. The van der Waals surface area contributed by atoms with E-state index in [1.807, 2.05) is 30.5 Å². The molecule has 0 spiro atoms. The lowest BCUT2D eigenvalue weighted by Gasteiger charge is -2.25. The Morgan fingerprint density at radius 3 is 3.21 bits per heavy atom. The molecule has 0 saturated heterocycles. The van der Waals surface area contributed by atoms with Gasteiger partial charge >= 0.3 is 6.09 Å². The smallest absolute Gasteiger partial charge is 0.414 e. The summed E-state index contributed by atoms with van der Waals surface area (Å²) in [6, 6.07) is 7.94. The van der Waals surface area contributed by atoms with E-state index in [0.29, 0.717) is 13.2 Å². The summed E-state index contributed by atoms with van der Waals surface area (Å²) in [7, 11) is 0. The average Bonchev–Trinajstić information content (AvgIpc) is 3.23. The summed E-state index contributed by atoms with van der Waals surface area (Å²) in [6.07, 6.45) is 5.08. The van der Waals surface area contributed by atoms with Gasteiger partial charge in [-0.05, 0) is 31.2 Å². The summed E-state index contributed by atoms with van der Waals surface area (Å²) >= 11 is 0. The maximum absolute atomic E-state index is 12.1. The molecule has 0 saturated carbocycles. The molecule has 4 rings (SSSR count). The van der Waals surface area contributed by atoms with Crippen molar-refractivity contribution >= 4 is 28.4 Å². The third-order valence-corrected chi connectivity index (χ3v) is 3.96. The minimum absolute atomic E-state index is 0.348. The predicted octanol–water partition coefficient (Wildman–Crippen LogP) is 3.27. The van der Waals surface area contributed by atoms with Gasteiger partial charge in [-0.25, -0.2) is 4.79 Å². The average molecular weight is 323 g/mol. The van der Waals surface area contributed by atoms with Crippen LogP contribution in [0.15, 0.2) is 42.9 Å². The number of hydrogen-bond donors (Lipinski definition) is 3. The molecule has 0 aliphatic carbocycles. The highest BCUT2D eigenvalue weighted by Gasteiger charge is 2.23. The van der Waals surface area contributed by atoms with Gasteiger partial charge in [-0.15, -0.1) is 0 Å². The van der Waals surface area contributed by atoms with Crippen LogP contribution in [0.2, 0.25) is 0 Å². The maximum Gasteiger partial charge on any atom is 0.414 e. The zero-order valence-corrected chi connectivity index (χ0v) is 13.2. The molecule has 0 radical (unpaired) electrons. The van der Waals surface area contributed by atoms with Gasteiger partial charge < -0.3 is 15.0 Å². The number of aromatic amines is 2. The summed E-state index contributed by atoms with van der Waals surface area (Å²) in [5.41, 5.74) is 4.76. The fourth-order valence-electron chi connectivity index (χ4n) is 2.83. The van der Waals surface area contributed by atoms with E-state index in [1.165, 1.54) is 0 Å². The number of rotatable bonds is 3. The summed E-state index contributed by atoms with van der Waals surface area (Å²) in [4.78, 5) is 16.8. The molecular weight excluding hydrogens is 306 g/mol. The number of aromatic nitrogens is 3. The number of nitrogens with zero attached hydrogens (tertiary/aromatic N) is 2. The molecule has 7 nitrogen and oxygen atoms in total. The molecule has 1 aromatic carbocycles. The molecule has 0 fully saturated rings. The van der Waals surface area contributed by atoms with Gasteiger partial charge in [0.05, 0.1) is 30.6 Å². The normalized spacial score (nSPS) is 13.5.